The summed E-state index contributed by atoms with van der Waals surface area (Å²) in [6, 6.07) is 36.6. The zero-order valence-electron chi connectivity index (χ0n) is 20.9. The first-order chi connectivity index (χ1) is 19.0. The summed E-state index contributed by atoms with van der Waals surface area (Å²) in [6.07, 6.45) is 0. The van der Waals surface area contributed by atoms with Gasteiger partial charge >= 0.3 is 11.9 Å². The van der Waals surface area contributed by atoms with Gasteiger partial charge in [0.05, 0.1) is 16.8 Å². The second-order valence-electron chi connectivity index (χ2n) is 8.66. The van der Waals surface area contributed by atoms with Gasteiger partial charge in [-0.05, 0) is 91.0 Å². The molecule has 0 bridgehead atoms. The topological polar surface area (TPSA) is 108 Å². The number of benzene rings is 5. The molecule has 0 aliphatic heterocycles. The van der Waals surface area contributed by atoms with Crippen molar-refractivity contribution in [3.8, 4) is 11.5 Å². The summed E-state index contributed by atoms with van der Waals surface area (Å²) in [5.74, 6) is -0.354. The minimum absolute atomic E-state index is 0.240. The molecule has 0 heterocycles. The van der Waals surface area contributed by atoms with Crippen LogP contribution in [0.2, 0.25) is 0 Å². The van der Waals surface area contributed by atoms with Gasteiger partial charge in [0.25, 0.3) is 0 Å². The number of rotatable bonds is 7. The number of ether oxygens (including phenoxy) is 2. The van der Waals surface area contributed by atoms with Crippen molar-refractivity contribution in [3.63, 3.8) is 0 Å². The summed E-state index contributed by atoms with van der Waals surface area (Å²) in [4.78, 5) is 28.4. The van der Waals surface area contributed by atoms with Gasteiger partial charge < -0.3 is 25.8 Å². The van der Waals surface area contributed by atoms with Gasteiger partial charge in [0.15, 0.2) is 0 Å². The van der Waals surface area contributed by atoms with Gasteiger partial charge in [0, 0.05) is 22.7 Å². The van der Waals surface area contributed by atoms with E-state index in [1.807, 2.05) is 41.3 Å². The Morgan fingerprint density at radius 2 is 1.00 bits per heavy atom. The van der Waals surface area contributed by atoms with Gasteiger partial charge in [-0.25, -0.2) is 9.59 Å². The van der Waals surface area contributed by atoms with Crippen LogP contribution in [-0.2, 0) is 0 Å². The maximum absolute atomic E-state index is 13.5. The number of anilines is 5. The predicted octanol–water partition coefficient (Wildman–Crippen LogP) is 6.76. The van der Waals surface area contributed by atoms with Crippen molar-refractivity contribution in [1.82, 2.24) is 0 Å². The standard InChI is InChI=1S/C32H25N3O4/c33-23-12-16-25(17-13-23)35(26-18-14-24(34)15-19-26)30-21-22(31(36)38-27-7-3-1-4-8-27)11-20-29(30)32(37)39-28-9-5-2-6-10-28/h1-21H,33-34H2. The molecule has 0 unspecified atom stereocenters. The highest BCUT2D eigenvalue weighted by Crippen LogP contribution is 2.38. The molecule has 0 saturated heterocycles. The Hall–Kier alpha value is -5.56. The molecule has 0 radical (unpaired) electrons. The zero-order valence-corrected chi connectivity index (χ0v) is 20.9. The average Bonchev–Trinajstić information content (AvgIpc) is 2.96. The van der Waals surface area contributed by atoms with Crippen LogP contribution < -0.4 is 25.8 Å². The third-order valence-electron chi connectivity index (χ3n) is 5.90. The highest BCUT2D eigenvalue weighted by atomic mass is 16.5. The first-order valence-electron chi connectivity index (χ1n) is 12.2. The van der Waals surface area contributed by atoms with Crippen molar-refractivity contribution in [1.29, 1.82) is 0 Å². The molecule has 5 aromatic carbocycles. The van der Waals surface area contributed by atoms with E-state index in [9.17, 15) is 9.59 Å². The molecule has 7 nitrogen and oxygen atoms in total. The monoisotopic (exact) mass is 515 g/mol. The molecule has 5 aromatic rings. The Kier molecular flexibility index (Phi) is 7.23. The van der Waals surface area contributed by atoms with Crippen LogP contribution in [0.1, 0.15) is 20.7 Å². The molecule has 0 aromatic heterocycles. The lowest BCUT2D eigenvalue weighted by molar-refractivity contribution is 0.0721. The van der Waals surface area contributed by atoms with Gasteiger partial charge in [0.2, 0.25) is 0 Å². The van der Waals surface area contributed by atoms with Crippen molar-refractivity contribution < 1.29 is 19.1 Å². The van der Waals surface area contributed by atoms with Gasteiger partial charge in [0.1, 0.15) is 11.5 Å². The lowest BCUT2D eigenvalue weighted by Crippen LogP contribution is -2.19. The van der Waals surface area contributed by atoms with Crippen LogP contribution in [0.15, 0.2) is 127 Å². The second kappa shape index (κ2) is 11.2. The van der Waals surface area contributed by atoms with E-state index in [4.69, 9.17) is 20.9 Å². The molecule has 0 fully saturated rings. The average molecular weight is 516 g/mol. The van der Waals surface area contributed by atoms with Crippen molar-refractivity contribution in [2.75, 3.05) is 16.4 Å². The Labute approximate surface area is 225 Å². The molecule has 0 aliphatic carbocycles. The van der Waals surface area contributed by atoms with Crippen LogP contribution in [0.25, 0.3) is 0 Å². The summed E-state index contributed by atoms with van der Waals surface area (Å²) in [6.45, 7) is 0. The fourth-order valence-corrected chi connectivity index (χ4v) is 4.00. The minimum Gasteiger partial charge on any atom is -0.423 e. The van der Waals surface area contributed by atoms with Crippen LogP contribution in [0, 0.1) is 0 Å². The molecular weight excluding hydrogens is 490 g/mol. The molecule has 0 amide bonds. The Bertz CT molecular complexity index is 1540. The smallest absolute Gasteiger partial charge is 0.345 e. The van der Waals surface area contributed by atoms with Crippen molar-refractivity contribution in [2.24, 2.45) is 0 Å². The third kappa shape index (κ3) is 5.89. The van der Waals surface area contributed by atoms with E-state index in [0.717, 1.165) is 0 Å². The van der Waals surface area contributed by atoms with Crippen molar-refractivity contribution >= 4 is 40.4 Å². The largest absolute Gasteiger partial charge is 0.423 e. The van der Waals surface area contributed by atoms with Gasteiger partial charge in [-0.15, -0.1) is 0 Å². The lowest BCUT2D eigenvalue weighted by Gasteiger charge is -2.27. The molecule has 0 atom stereocenters. The Balaban J connectivity index is 1.64. The van der Waals surface area contributed by atoms with Crippen LogP contribution in [0.5, 0.6) is 11.5 Å². The maximum atomic E-state index is 13.5. The molecule has 0 saturated carbocycles. The number of carbonyl (C=O) groups excluding carboxylic acids is 2. The van der Waals surface area contributed by atoms with E-state index in [1.54, 1.807) is 91.0 Å². The van der Waals surface area contributed by atoms with Gasteiger partial charge in [-0.1, -0.05) is 36.4 Å². The number of nitrogen functional groups attached to an aromatic ring is 2. The number of hydrogen-bond acceptors (Lipinski definition) is 7. The highest BCUT2D eigenvalue weighted by Gasteiger charge is 2.24. The lowest BCUT2D eigenvalue weighted by atomic mass is 10.1. The molecule has 39 heavy (non-hydrogen) atoms. The first-order valence-corrected chi connectivity index (χ1v) is 12.2. The molecule has 5 rings (SSSR count). The van der Waals surface area contributed by atoms with Crippen LogP contribution in [0.3, 0.4) is 0 Å². The van der Waals surface area contributed by atoms with E-state index >= 15 is 0 Å². The van der Waals surface area contributed by atoms with E-state index in [-0.39, 0.29) is 11.1 Å². The van der Waals surface area contributed by atoms with E-state index in [1.165, 1.54) is 0 Å². The zero-order chi connectivity index (χ0) is 27.2. The highest BCUT2D eigenvalue weighted by molar-refractivity contribution is 6.02. The molecule has 192 valence electrons. The quantitative estimate of drug-likeness (QED) is 0.140. The van der Waals surface area contributed by atoms with Gasteiger partial charge in [-0.2, -0.15) is 0 Å². The number of carbonyl (C=O) groups is 2. The number of nitrogens with two attached hydrogens (primary N) is 2. The predicted molar refractivity (Wildman–Crippen MR) is 153 cm³/mol. The van der Waals surface area contributed by atoms with Crippen LogP contribution in [-0.4, -0.2) is 11.9 Å². The number of hydrogen-bond donors (Lipinski definition) is 2. The number of para-hydroxylation sites is 2. The summed E-state index contributed by atoms with van der Waals surface area (Å²) in [5, 5.41) is 0. The van der Waals surface area contributed by atoms with Crippen LogP contribution in [0.4, 0.5) is 28.4 Å². The summed E-state index contributed by atoms with van der Waals surface area (Å²) < 4.78 is 11.2. The van der Waals surface area contributed by atoms with Crippen molar-refractivity contribution in [3.05, 3.63) is 139 Å². The summed E-state index contributed by atoms with van der Waals surface area (Å²) >= 11 is 0. The van der Waals surface area contributed by atoms with E-state index in [0.29, 0.717) is 39.9 Å². The fraction of sp³-hybridized carbons (Fsp3) is 0. The molecule has 4 N–H and O–H groups in total. The molecular formula is C32H25N3O4. The molecule has 0 spiro atoms. The first kappa shape index (κ1) is 25.1. The Morgan fingerprint density at radius 1 is 0.538 bits per heavy atom. The fourth-order valence-electron chi connectivity index (χ4n) is 4.00. The molecule has 0 aliphatic rings. The maximum Gasteiger partial charge on any atom is 0.345 e. The minimum atomic E-state index is -0.588. The number of nitrogens with zero attached hydrogens (tertiary/aromatic N) is 1. The Morgan fingerprint density at radius 3 is 1.49 bits per heavy atom. The summed E-state index contributed by atoms with van der Waals surface area (Å²) in [7, 11) is 0. The van der Waals surface area contributed by atoms with Crippen LogP contribution >= 0.6 is 0 Å². The second-order valence-corrected chi connectivity index (χ2v) is 8.66. The van der Waals surface area contributed by atoms with Crippen molar-refractivity contribution in [2.45, 2.75) is 0 Å². The SMILES string of the molecule is Nc1ccc(N(c2ccc(N)cc2)c2cc(C(=O)Oc3ccccc3)ccc2C(=O)Oc2ccccc2)cc1. The van der Waals surface area contributed by atoms with E-state index in [2.05, 4.69) is 0 Å². The number of esters is 2. The summed E-state index contributed by atoms with van der Waals surface area (Å²) in [5.41, 5.74) is 15.4. The molecule has 7 heteroatoms. The normalized spacial score (nSPS) is 10.5. The van der Waals surface area contributed by atoms with E-state index < -0.39 is 11.9 Å². The van der Waals surface area contributed by atoms with Gasteiger partial charge in [-0.3, -0.25) is 0 Å². The third-order valence-corrected chi connectivity index (χ3v) is 5.90.